The summed E-state index contributed by atoms with van der Waals surface area (Å²) in [5, 5.41) is 0.194. The molecule has 4 nitrogen and oxygen atoms in total. The molecule has 0 spiro atoms. The molecule has 1 saturated heterocycles. The minimum atomic E-state index is 0.194. The summed E-state index contributed by atoms with van der Waals surface area (Å²) in [6.07, 6.45) is 4.79. The lowest BCUT2D eigenvalue weighted by Gasteiger charge is -2.34. The van der Waals surface area contributed by atoms with Gasteiger partial charge in [0.15, 0.2) is 5.82 Å². The second-order valence-electron chi connectivity index (χ2n) is 5.09. The lowest BCUT2D eigenvalue weighted by molar-refractivity contribution is 0.444. The second-order valence-corrected chi connectivity index (χ2v) is 5.65. The molecule has 0 bridgehead atoms. The molecule has 1 aliphatic heterocycles. The molecule has 1 fully saturated rings. The Kier molecular flexibility index (Phi) is 2.90. The number of aryl methyl sites for hydroxylation is 1. The van der Waals surface area contributed by atoms with Crippen molar-refractivity contribution < 1.29 is 0 Å². The molecule has 2 aromatic rings. The number of piperidine rings is 1. The van der Waals surface area contributed by atoms with Gasteiger partial charge < -0.3 is 9.47 Å². The Morgan fingerprint density at radius 2 is 2.22 bits per heavy atom. The monoisotopic (exact) mass is 264 g/mol. The molecule has 18 heavy (non-hydrogen) atoms. The number of nitrogens with zero attached hydrogens (tertiary/aromatic N) is 4. The van der Waals surface area contributed by atoms with Crippen LogP contribution >= 0.6 is 11.6 Å². The van der Waals surface area contributed by atoms with Gasteiger partial charge in [-0.2, -0.15) is 0 Å². The molecule has 0 N–H and O–H groups in total. The van der Waals surface area contributed by atoms with Gasteiger partial charge in [0.2, 0.25) is 0 Å². The van der Waals surface area contributed by atoms with E-state index in [-0.39, 0.29) is 5.38 Å². The zero-order chi connectivity index (χ0) is 12.7. The number of hydrogen-bond acceptors (Lipinski definition) is 3. The maximum atomic E-state index is 6.37. The third-order valence-corrected chi connectivity index (χ3v) is 4.36. The Labute approximate surface area is 112 Å². The van der Waals surface area contributed by atoms with E-state index in [9.17, 15) is 0 Å². The van der Waals surface area contributed by atoms with Crippen LogP contribution in [0.3, 0.4) is 0 Å². The molecule has 2 atom stereocenters. The number of rotatable bonds is 1. The molecule has 0 amide bonds. The largest absolute Gasteiger partial charge is 0.353 e. The number of imidazole rings is 1. The fourth-order valence-electron chi connectivity index (χ4n) is 2.49. The van der Waals surface area contributed by atoms with Crippen LogP contribution in [0, 0.1) is 5.92 Å². The Bertz CT molecular complexity index is 565. The van der Waals surface area contributed by atoms with Crippen molar-refractivity contribution in [3.05, 3.63) is 18.6 Å². The molecule has 0 saturated carbocycles. The number of fused-ring (bicyclic) bond motifs is 1. The summed E-state index contributed by atoms with van der Waals surface area (Å²) in [5.41, 5.74) is 2.09. The van der Waals surface area contributed by atoms with E-state index in [0.717, 1.165) is 36.4 Å². The van der Waals surface area contributed by atoms with Crippen molar-refractivity contribution in [1.29, 1.82) is 0 Å². The smallest absolute Gasteiger partial charge is 0.156 e. The molecule has 0 aliphatic carbocycles. The number of anilines is 1. The van der Waals surface area contributed by atoms with Crippen molar-refractivity contribution in [1.82, 2.24) is 14.5 Å². The van der Waals surface area contributed by atoms with Crippen molar-refractivity contribution in [2.45, 2.75) is 18.7 Å². The summed E-state index contributed by atoms with van der Waals surface area (Å²) < 4.78 is 2.02. The highest BCUT2D eigenvalue weighted by Crippen LogP contribution is 2.28. The summed E-state index contributed by atoms with van der Waals surface area (Å²) >= 11 is 6.37. The topological polar surface area (TPSA) is 34.0 Å². The first-order chi connectivity index (χ1) is 8.66. The molecule has 1 aliphatic rings. The number of alkyl halides is 1. The second kappa shape index (κ2) is 4.43. The highest BCUT2D eigenvalue weighted by atomic mass is 35.5. The van der Waals surface area contributed by atoms with Crippen molar-refractivity contribution in [3.8, 4) is 0 Å². The van der Waals surface area contributed by atoms with Crippen LogP contribution in [0.2, 0.25) is 0 Å². The Hall–Kier alpha value is -1.29. The fourth-order valence-corrected chi connectivity index (χ4v) is 2.79. The normalized spacial score (nSPS) is 24.7. The van der Waals surface area contributed by atoms with Gasteiger partial charge in [0.25, 0.3) is 0 Å². The van der Waals surface area contributed by atoms with Gasteiger partial charge in [0, 0.05) is 26.3 Å². The van der Waals surface area contributed by atoms with E-state index in [0.29, 0.717) is 5.92 Å². The van der Waals surface area contributed by atoms with Crippen LogP contribution in [0.1, 0.15) is 13.3 Å². The third-order valence-electron chi connectivity index (χ3n) is 3.79. The predicted molar refractivity (Wildman–Crippen MR) is 74.1 cm³/mol. The van der Waals surface area contributed by atoms with Crippen molar-refractivity contribution in [2.24, 2.45) is 13.0 Å². The molecule has 96 valence electrons. The van der Waals surface area contributed by atoms with Gasteiger partial charge in [0.1, 0.15) is 5.52 Å². The molecule has 2 aromatic heterocycles. The van der Waals surface area contributed by atoms with Gasteiger partial charge >= 0.3 is 0 Å². The summed E-state index contributed by atoms with van der Waals surface area (Å²) in [7, 11) is 2.00. The van der Waals surface area contributed by atoms with Crippen LogP contribution in [0.15, 0.2) is 18.6 Å². The lowest BCUT2D eigenvalue weighted by Crippen LogP contribution is -2.40. The van der Waals surface area contributed by atoms with E-state index in [1.807, 2.05) is 30.2 Å². The van der Waals surface area contributed by atoms with Crippen molar-refractivity contribution in [2.75, 3.05) is 18.0 Å². The lowest BCUT2D eigenvalue weighted by atomic mass is 9.98. The third kappa shape index (κ3) is 1.85. The Balaban J connectivity index is 1.99. The average molecular weight is 265 g/mol. The van der Waals surface area contributed by atoms with E-state index in [2.05, 4.69) is 21.8 Å². The SMILES string of the molecule is CC1CCN(c2nccc3c2ncn3C)CC1Cl. The van der Waals surface area contributed by atoms with E-state index >= 15 is 0 Å². The molecule has 0 aromatic carbocycles. The number of pyridine rings is 1. The number of aromatic nitrogens is 3. The van der Waals surface area contributed by atoms with Gasteiger partial charge in [-0.1, -0.05) is 6.92 Å². The first-order valence-corrected chi connectivity index (χ1v) is 6.75. The summed E-state index contributed by atoms with van der Waals surface area (Å²) in [6, 6.07) is 2.00. The Morgan fingerprint density at radius 3 is 3.00 bits per heavy atom. The van der Waals surface area contributed by atoms with E-state index < -0.39 is 0 Å². The van der Waals surface area contributed by atoms with Crippen LogP contribution in [-0.2, 0) is 7.05 Å². The van der Waals surface area contributed by atoms with Gasteiger partial charge in [-0.05, 0) is 18.4 Å². The summed E-state index contributed by atoms with van der Waals surface area (Å²) in [6.45, 7) is 4.07. The Morgan fingerprint density at radius 1 is 1.39 bits per heavy atom. The standard InChI is InChI=1S/C13H17ClN4/c1-9-4-6-18(7-10(9)14)13-12-11(3-5-15-13)17(2)8-16-12/h3,5,8-10H,4,6-7H2,1-2H3. The number of hydrogen-bond donors (Lipinski definition) is 0. The zero-order valence-electron chi connectivity index (χ0n) is 10.7. The van der Waals surface area contributed by atoms with E-state index in [1.54, 1.807) is 0 Å². The summed E-state index contributed by atoms with van der Waals surface area (Å²) in [4.78, 5) is 11.2. The minimum Gasteiger partial charge on any atom is -0.353 e. The number of halogens is 1. The average Bonchev–Trinajstić information content (AvgIpc) is 2.75. The molecule has 3 rings (SSSR count). The summed E-state index contributed by atoms with van der Waals surface area (Å²) in [5.74, 6) is 1.54. The highest BCUT2D eigenvalue weighted by molar-refractivity contribution is 6.21. The van der Waals surface area contributed by atoms with Crippen LogP contribution in [0.25, 0.3) is 11.0 Å². The first-order valence-electron chi connectivity index (χ1n) is 6.32. The molecule has 5 heteroatoms. The van der Waals surface area contributed by atoms with Gasteiger partial charge in [-0.3, -0.25) is 0 Å². The highest BCUT2D eigenvalue weighted by Gasteiger charge is 2.26. The van der Waals surface area contributed by atoms with Gasteiger partial charge in [-0.25, -0.2) is 9.97 Å². The molecule has 3 heterocycles. The van der Waals surface area contributed by atoms with Crippen LogP contribution in [0.4, 0.5) is 5.82 Å². The minimum absolute atomic E-state index is 0.194. The van der Waals surface area contributed by atoms with Crippen LogP contribution < -0.4 is 4.90 Å². The quantitative estimate of drug-likeness (QED) is 0.742. The van der Waals surface area contributed by atoms with Gasteiger partial charge in [0.05, 0.1) is 17.2 Å². The van der Waals surface area contributed by atoms with E-state index in [4.69, 9.17) is 11.6 Å². The van der Waals surface area contributed by atoms with Crippen molar-refractivity contribution in [3.63, 3.8) is 0 Å². The molecular formula is C13H17ClN4. The molecule has 2 unspecified atom stereocenters. The zero-order valence-corrected chi connectivity index (χ0v) is 11.4. The molecule has 0 radical (unpaired) electrons. The maximum absolute atomic E-state index is 6.37. The van der Waals surface area contributed by atoms with Gasteiger partial charge in [-0.15, -0.1) is 11.6 Å². The predicted octanol–water partition coefficient (Wildman–Crippen LogP) is 2.42. The maximum Gasteiger partial charge on any atom is 0.156 e. The van der Waals surface area contributed by atoms with Crippen LogP contribution in [-0.4, -0.2) is 33.0 Å². The fraction of sp³-hybridized carbons (Fsp3) is 0.538. The first kappa shape index (κ1) is 11.8. The van der Waals surface area contributed by atoms with Crippen molar-refractivity contribution >= 4 is 28.5 Å². The van der Waals surface area contributed by atoms with Crippen LogP contribution in [0.5, 0.6) is 0 Å². The van der Waals surface area contributed by atoms with E-state index in [1.165, 1.54) is 0 Å². The molecular weight excluding hydrogens is 248 g/mol.